The lowest BCUT2D eigenvalue weighted by molar-refractivity contribution is -0.241. The maximum absolute atomic E-state index is 11.6. The number of hydrogen-bond acceptors (Lipinski definition) is 6. The van der Waals surface area contributed by atoms with Gasteiger partial charge in [-0.1, -0.05) is 65.1 Å². The third-order valence-electron chi connectivity index (χ3n) is 3.37. The summed E-state index contributed by atoms with van der Waals surface area (Å²) in [4.78, 5) is 11.6. The Morgan fingerprint density at radius 3 is 2.65 bits per heavy atom. The van der Waals surface area contributed by atoms with Crippen LogP contribution in [0.1, 0.15) is 18.8 Å². The molecule has 1 saturated heterocycles. The smallest absolute Gasteiger partial charge is 0.330 e. The summed E-state index contributed by atoms with van der Waals surface area (Å²) in [7, 11) is 0. The van der Waals surface area contributed by atoms with E-state index in [2.05, 4.69) is 0 Å². The van der Waals surface area contributed by atoms with Gasteiger partial charge in [0.1, 0.15) is 6.10 Å². The van der Waals surface area contributed by atoms with E-state index in [0.717, 1.165) is 5.56 Å². The van der Waals surface area contributed by atoms with Crippen molar-refractivity contribution < 1.29 is 23.7 Å². The van der Waals surface area contributed by atoms with Crippen molar-refractivity contribution in [3.63, 3.8) is 0 Å². The normalized spacial score (nSPS) is 23.6. The van der Waals surface area contributed by atoms with Crippen LogP contribution in [0, 0.1) is 5.41 Å². The molecule has 0 unspecified atom stereocenters. The van der Waals surface area contributed by atoms with Crippen LogP contribution in [0.15, 0.2) is 42.5 Å². The zero-order valence-electron chi connectivity index (χ0n) is 13.9. The molecule has 9 heteroatoms. The summed E-state index contributed by atoms with van der Waals surface area (Å²) in [6, 6.07) is 9.28. The first-order chi connectivity index (χ1) is 12.3. The van der Waals surface area contributed by atoms with E-state index in [1.54, 1.807) is 6.92 Å². The number of esters is 1. The van der Waals surface area contributed by atoms with Gasteiger partial charge in [-0.15, -0.1) is 0 Å². The molecule has 1 fully saturated rings. The second-order valence-electron chi connectivity index (χ2n) is 5.27. The van der Waals surface area contributed by atoms with Crippen LogP contribution in [0.2, 0.25) is 0 Å². The Kier molecular flexibility index (Phi) is 7.73. The van der Waals surface area contributed by atoms with Gasteiger partial charge in [-0.3, -0.25) is 5.41 Å². The minimum absolute atomic E-state index is 0.0700. The predicted octanol–water partition coefficient (Wildman–Crippen LogP) is 3.95. The van der Waals surface area contributed by atoms with Gasteiger partial charge in [0.05, 0.1) is 13.2 Å². The van der Waals surface area contributed by atoms with E-state index < -0.39 is 34.2 Å². The minimum atomic E-state index is -2.01. The lowest BCUT2D eigenvalue weighted by Crippen LogP contribution is -2.44. The van der Waals surface area contributed by atoms with Gasteiger partial charge in [-0.2, -0.15) is 0 Å². The maximum atomic E-state index is 11.6. The topological polar surface area (TPSA) is 77.8 Å². The Bertz CT molecular complexity index is 648. The van der Waals surface area contributed by atoms with Crippen LogP contribution in [-0.4, -0.2) is 41.1 Å². The molecule has 1 aliphatic rings. The Morgan fingerprint density at radius 2 is 2.04 bits per heavy atom. The van der Waals surface area contributed by atoms with Gasteiger partial charge in [0, 0.05) is 11.6 Å². The standard InChI is InChI=1S/C17H18Cl3NO5/c1-2-23-14(22)9-8-12-13(26-16(21)17(18,19)20)10-24-15(25-12)11-6-4-3-5-7-11/h3-9,12-13,15,21H,2,10H2,1H3/b9-8-,21-16?/t12-,13-,15+/m1/s1. The van der Waals surface area contributed by atoms with Gasteiger partial charge in [-0.25, -0.2) is 4.79 Å². The van der Waals surface area contributed by atoms with Crippen molar-refractivity contribution in [1.29, 1.82) is 5.41 Å². The van der Waals surface area contributed by atoms with Crippen molar-refractivity contribution in [3.05, 3.63) is 48.0 Å². The number of nitrogens with one attached hydrogen (secondary N) is 1. The van der Waals surface area contributed by atoms with E-state index in [0.29, 0.717) is 0 Å². The molecule has 1 N–H and O–H groups in total. The monoisotopic (exact) mass is 421 g/mol. The van der Waals surface area contributed by atoms with E-state index in [1.807, 2.05) is 30.3 Å². The van der Waals surface area contributed by atoms with Crippen LogP contribution in [0.4, 0.5) is 0 Å². The number of benzene rings is 1. The highest BCUT2D eigenvalue weighted by Gasteiger charge is 2.37. The fraction of sp³-hybridized carbons (Fsp3) is 0.412. The number of ether oxygens (including phenoxy) is 4. The van der Waals surface area contributed by atoms with Gasteiger partial charge in [0.2, 0.25) is 5.90 Å². The molecule has 2 rings (SSSR count). The molecule has 0 bridgehead atoms. The SMILES string of the molecule is CCOC(=O)/C=C\[C@H]1O[C@@H](c2ccccc2)OC[C@H]1OC(=N)C(Cl)(Cl)Cl. The molecular formula is C17H18Cl3NO5. The summed E-state index contributed by atoms with van der Waals surface area (Å²) < 4.78 is 19.7. The third-order valence-corrected chi connectivity index (χ3v) is 3.88. The van der Waals surface area contributed by atoms with Crippen molar-refractivity contribution in [2.45, 2.75) is 29.2 Å². The number of hydrogen-bond donors (Lipinski definition) is 1. The largest absolute Gasteiger partial charge is 0.469 e. The molecule has 0 aliphatic carbocycles. The van der Waals surface area contributed by atoms with Crippen molar-refractivity contribution in [1.82, 2.24) is 0 Å². The van der Waals surface area contributed by atoms with Crippen molar-refractivity contribution >= 4 is 46.7 Å². The first-order valence-corrected chi connectivity index (χ1v) is 8.94. The molecule has 1 heterocycles. The molecule has 1 aromatic rings. The number of carbonyl (C=O) groups excluding carboxylic acids is 1. The fourth-order valence-electron chi connectivity index (χ4n) is 2.18. The Labute approximate surface area is 166 Å². The average Bonchev–Trinajstić information content (AvgIpc) is 2.61. The molecule has 0 aromatic heterocycles. The number of rotatable bonds is 5. The highest BCUT2D eigenvalue weighted by Crippen LogP contribution is 2.32. The molecule has 0 amide bonds. The van der Waals surface area contributed by atoms with E-state index in [1.165, 1.54) is 12.2 Å². The van der Waals surface area contributed by atoms with Gasteiger partial charge in [0.25, 0.3) is 3.79 Å². The van der Waals surface area contributed by atoms with Crippen LogP contribution in [0.3, 0.4) is 0 Å². The number of carbonyl (C=O) groups is 1. The zero-order valence-corrected chi connectivity index (χ0v) is 16.1. The first kappa shape index (κ1) is 21.0. The van der Waals surface area contributed by atoms with E-state index in [-0.39, 0.29) is 13.2 Å². The molecule has 6 nitrogen and oxygen atoms in total. The molecule has 0 spiro atoms. The van der Waals surface area contributed by atoms with E-state index >= 15 is 0 Å². The van der Waals surface area contributed by atoms with Crippen molar-refractivity contribution in [2.24, 2.45) is 0 Å². The summed E-state index contributed by atoms with van der Waals surface area (Å²) in [6.45, 7) is 2.03. The van der Waals surface area contributed by atoms with Gasteiger partial charge in [-0.05, 0) is 13.0 Å². The van der Waals surface area contributed by atoms with Gasteiger partial charge >= 0.3 is 5.97 Å². The van der Waals surface area contributed by atoms with Crippen molar-refractivity contribution in [3.8, 4) is 0 Å². The van der Waals surface area contributed by atoms with Crippen LogP contribution in [-0.2, 0) is 23.7 Å². The molecule has 0 radical (unpaired) electrons. The summed E-state index contributed by atoms with van der Waals surface area (Å²) >= 11 is 17.0. The third kappa shape index (κ3) is 6.14. The summed E-state index contributed by atoms with van der Waals surface area (Å²) in [6.07, 6.45) is 0.563. The highest BCUT2D eigenvalue weighted by molar-refractivity contribution is 6.76. The zero-order chi connectivity index (χ0) is 19.2. The molecule has 1 aliphatic heterocycles. The van der Waals surface area contributed by atoms with Crippen LogP contribution >= 0.6 is 34.8 Å². The first-order valence-electron chi connectivity index (χ1n) is 7.80. The Hall–Kier alpha value is -1.31. The van der Waals surface area contributed by atoms with Gasteiger partial charge < -0.3 is 18.9 Å². The molecule has 142 valence electrons. The maximum Gasteiger partial charge on any atom is 0.330 e. The molecule has 1 aromatic carbocycles. The summed E-state index contributed by atoms with van der Waals surface area (Å²) in [5, 5.41) is 7.72. The van der Waals surface area contributed by atoms with Crippen LogP contribution in [0.5, 0.6) is 0 Å². The minimum Gasteiger partial charge on any atom is -0.469 e. The molecule has 3 atom stereocenters. The van der Waals surface area contributed by atoms with Crippen LogP contribution in [0.25, 0.3) is 0 Å². The Morgan fingerprint density at radius 1 is 1.35 bits per heavy atom. The quantitative estimate of drug-likeness (QED) is 0.255. The van der Waals surface area contributed by atoms with E-state index in [4.69, 9.17) is 59.2 Å². The second kappa shape index (κ2) is 9.58. The summed E-state index contributed by atoms with van der Waals surface area (Å²) in [5.41, 5.74) is 0.803. The number of alkyl halides is 3. The molecule has 0 saturated carbocycles. The summed E-state index contributed by atoms with van der Waals surface area (Å²) in [5.74, 6) is -1.08. The lowest BCUT2D eigenvalue weighted by Gasteiger charge is -2.35. The van der Waals surface area contributed by atoms with Crippen LogP contribution < -0.4 is 0 Å². The Balaban J connectivity index is 2.13. The fourth-order valence-corrected chi connectivity index (χ4v) is 2.32. The second-order valence-corrected chi connectivity index (χ2v) is 7.55. The van der Waals surface area contributed by atoms with Crippen molar-refractivity contribution in [2.75, 3.05) is 13.2 Å². The average molecular weight is 423 g/mol. The van der Waals surface area contributed by atoms with Gasteiger partial charge in [0.15, 0.2) is 12.4 Å². The van der Waals surface area contributed by atoms with E-state index in [9.17, 15) is 4.79 Å². The highest BCUT2D eigenvalue weighted by atomic mass is 35.6. The predicted molar refractivity (Wildman–Crippen MR) is 98.7 cm³/mol. The molecule has 26 heavy (non-hydrogen) atoms. The lowest BCUT2D eigenvalue weighted by atomic mass is 10.1. The molecular weight excluding hydrogens is 405 g/mol. The number of halogens is 3.